The average Bonchev–Trinajstić information content (AvgIpc) is 2.50. The Bertz CT molecular complexity index is 693. The first-order valence-electron chi connectivity index (χ1n) is 6.46. The molecule has 1 amide bonds. The molecule has 1 N–H and O–H groups in total. The fourth-order valence-corrected chi connectivity index (χ4v) is 2.80. The second-order valence-electron chi connectivity index (χ2n) is 4.68. The van der Waals surface area contributed by atoms with Crippen molar-refractivity contribution in [2.45, 2.75) is 12.5 Å². The SMILES string of the molecule is O=C(Nc1cc(Br)cnc1Cl)C1OCCc2ccccc21. The van der Waals surface area contributed by atoms with Crippen molar-refractivity contribution in [3.8, 4) is 0 Å². The van der Waals surface area contributed by atoms with Gasteiger partial charge in [0.1, 0.15) is 0 Å². The number of nitrogens with one attached hydrogen (secondary N) is 1. The number of anilines is 1. The van der Waals surface area contributed by atoms with Crippen LogP contribution in [0, 0.1) is 0 Å². The number of hydrogen-bond acceptors (Lipinski definition) is 3. The van der Waals surface area contributed by atoms with E-state index in [2.05, 4.69) is 26.2 Å². The number of pyridine rings is 1. The Kier molecular flexibility index (Phi) is 4.24. The second kappa shape index (κ2) is 6.13. The summed E-state index contributed by atoms with van der Waals surface area (Å²) in [5.41, 5.74) is 2.50. The molecular weight excluding hydrogens is 356 g/mol. The number of carbonyl (C=O) groups excluding carboxylic acids is 1. The number of carbonyl (C=O) groups is 1. The van der Waals surface area contributed by atoms with Crippen molar-refractivity contribution in [2.75, 3.05) is 11.9 Å². The maximum absolute atomic E-state index is 12.5. The molecule has 4 nitrogen and oxygen atoms in total. The number of hydrogen-bond donors (Lipinski definition) is 1. The summed E-state index contributed by atoms with van der Waals surface area (Å²) >= 11 is 9.30. The van der Waals surface area contributed by atoms with Crippen LogP contribution in [0.2, 0.25) is 5.15 Å². The Balaban J connectivity index is 1.85. The van der Waals surface area contributed by atoms with Crippen LogP contribution >= 0.6 is 27.5 Å². The van der Waals surface area contributed by atoms with Gasteiger partial charge in [0.25, 0.3) is 5.91 Å². The van der Waals surface area contributed by atoms with Gasteiger partial charge in [-0.15, -0.1) is 0 Å². The first kappa shape index (κ1) is 14.5. The standard InChI is InChI=1S/C15H12BrClN2O2/c16-10-7-12(14(17)18-8-10)19-15(20)13-11-4-2-1-3-9(11)5-6-21-13/h1-4,7-8,13H,5-6H2,(H,19,20). The molecule has 1 aromatic carbocycles. The quantitative estimate of drug-likeness (QED) is 0.823. The minimum atomic E-state index is -0.620. The minimum Gasteiger partial charge on any atom is -0.363 e. The summed E-state index contributed by atoms with van der Waals surface area (Å²) < 4.78 is 6.36. The van der Waals surface area contributed by atoms with E-state index < -0.39 is 6.10 Å². The van der Waals surface area contributed by atoms with Crippen LogP contribution in [-0.4, -0.2) is 17.5 Å². The fourth-order valence-electron chi connectivity index (χ4n) is 2.32. The number of nitrogens with zero attached hydrogens (tertiary/aromatic N) is 1. The van der Waals surface area contributed by atoms with Crippen molar-refractivity contribution in [1.82, 2.24) is 4.98 Å². The average molecular weight is 368 g/mol. The van der Waals surface area contributed by atoms with Gasteiger partial charge in [-0.2, -0.15) is 0 Å². The number of aromatic nitrogens is 1. The van der Waals surface area contributed by atoms with E-state index in [1.165, 1.54) is 0 Å². The zero-order valence-electron chi connectivity index (χ0n) is 11.0. The molecule has 1 aliphatic rings. The van der Waals surface area contributed by atoms with E-state index in [1.54, 1.807) is 12.3 Å². The molecule has 0 saturated heterocycles. The summed E-state index contributed by atoms with van der Waals surface area (Å²) in [6.07, 6.45) is 1.77. The lowest BCUT2D eigenvalue weighted by molar-refractivity contribution is -0.128. The zero-order valence-corrected chi connectivity index (χ0v) is 13.3. The van der Waals surface area contributed by atoms with Crippen molar-refractivity contribution >= 4 is 39.1 Å². The number of ether oxygens (including phenoxy) is 1. The van der Waals surface area contributed by atoms with Crippen molar-refractivity contribution in [3.05, 3.63) is 57.3 Å². The van der Waals surface area contributed by atoms with Gasteiger partial charge in [-0.25, -0.2) is 4.98 Å². The molecule has 6 heteroatoms. The lowest BCUT2D eigenvalue weighted by Crippen LogP contribution is -2.28. The number of amides is 1. The molecule has 0 saturated carbocycles. The summed E-state index contributed by atoms with van der Waals surface area (Å²) in [7, 11) is 0. The van der Waals surface area contributed by atoms with Crippen LogP contribution in [0.15, 0.2) is 41.0 Å². The Morgan fingerprint density at radius 1 is 1.43 bits per heavy atom. The molecule has 1 aromatic heterocycles. The third-order valence-electron chi connectivity index (χ3n) is 3.30. The Morgan fingerprint density at radius 2 is 2.24 bits per heavy atom. The van der Waals surface area contributed by atoms with Gasteiger partial charge in [0.2, 0.25) is 0 Å². The highest BCUT2D eigenvalue weighted by atomic mass is 79.9. The van der Waals surface area contributed by atoms with Crippen molar-refractivity contribution in [3.63, 3.8) is 0 Å². The smallest absolute Gasteiger partial charge is 0.258 e. The largest absolute Gasteiger partial charge is 0.363 e. The first-order chi connectivity index (χ1) is 10.1. The van der Waals surface area contributed by atoms with Crippen LogP contribution in [0.25, 0.3) is 0 Å². The van der Waals surface area contributed by atoms with E-state index in [0.717, 1.165) is 22.0 Å². The molecule has 0 bridgehead atoms. The molecule has 0 aliphatic carbocycles. The molecule has 21 heavy (non-hydrogen) atoms. The van der Waals surface area contributed by atoms with Crippen LogP contribution in [-0.2, 0) is 16.0 Å². The van der Waals surface area contributed by atoms with Crippen LogP contribution in [0.1, 0.15) is 17.2 Å². The monoisotopic (exact) mass is 366 g/mol. The lowest BCUT2D eigenvalue weighted by Gasteiger charge is -2.25. The molecule has 1 atom stereocenters. The van der Waals surface area contributed by atoms with E-state index >= 15 is 0 Å². The van der Waals surface area contributed by atoms with Crippen LogP contribution in [0.3, 0.4) is 0 Å². The fraction of sp³-hybridized carbons (Fsp3) is 0.200. The Hall–Kier alpha value is -1.43. The van der Waals surface area contributed by atoms with Gasteiger partial charge >= 0.3 is 0 Å². The van der Waals surface area contributed by atoms with Crippen molar-refractivity contribution in [2.24, 2.45) is 0 Å². The summed E-state index contributed by atoms with van der Waals surface area (Å²) in [5, 5.41) is 3.02. The van der Waals surface area contributed by atoms with Gasteiger partial charge in [0, 0.05) is 10.7 Å². The predicted octanol–water partition coefficient (Wildman–Crippen LogP) is 3.75. The van der Waals surface area contributed by atoms with E-state index in [-0.39, 0.29) is 11.1 Å². The molecule has 3 rings (SSSR count). The zero-order chi connectivity index (χ0) is 14.8. The van der Waals surface area contributed by atoms with Gasteiger partial charge in [0.15, 0.2) is 11.3 Å². The second-order valence-corrected chi connectivity index (χ2v) is 5.95. The van der Waals surface area contributed by atoms with Crippen molar-refractivity contribution < 1.29 is 9.53 Å². The molecule has 1 aliphatic heterocycles. The summed E-state index contributed by atoms with van der Waals surface area (Å²) in [5.74, 6) is -0.246. The molecule has 2 heterocycles. The first-order valence-corrected chi connectivity index (χ1v) is 7.63. The van der Waals surface area contributed by atoms with Gasteiger partial charge in [-0.1, -0.05) is 35.9 Å². The molecule has 0 radical (unpaired) electrons. The van der Waals surface area contributed by atoms with Crippen LogP contribution in [0.4, 0.5) is 5.69 Å². The molecular formula is C15H12BrClN2O2. The van der Waals surface area contributed by atoms with Gasteiger partial charge in [0.05, 0.1) is 12.3 Å². The van der Waals surface area contributed by atoms with Gasteiger partial charge in [-0.3, -0.25) is 4.79 Å². The summed E-state index contributed by atoms with van der Waals surface area (Å²) in [6.45, 7) is 0.527. The van der Waals surface area contributed by atoms with E-state index in [0.29, 0.717) is 12.3 Å². The van der Waals surface area contributed by atoms with Crippen molar-refractivity contribution in [1.29, 1.82) is 0 Å². The molecule has 1 unspecified atom stereocenters. The molecule has 0 fully saturated rings. The maximum atomic E-state index is 12.5. The summed E-state index contributed by atoms with van der Waals surface area (Å²) in [6, 6.07) is 9.52. The van der Waals surface area contributed by atoms with Gasteiger partial charge in [-0.05, 0) is 39.5 Å². The maximum Gasteiger partial charge on any atom is 0.258 e. The van der Waals surface area contributed by atoms with Crippen LogP contribution < -0.4 is 5.32 Å². The third-order valence-corrected chi connectivity index (χ3v) is 4.03. The predicted molar refractivity (Wildman–Crippen MR) is 84.4 cm³/mol. The number of rotatable bonds is 2. The molecule has 108 valence electrons. The highest BCUT2D eigenvalue weighted by Crippen LogP contribution is 2.29. The Morgan fingerprint density at radius 3 is 3.10 bits per heavy atom. The topological polar surface area (TPSA) is 51.2 Å². The highest BCUT2D eigenvalue weighted by Gasteiger charge is 2.27. The summed E-state index contributed by atoms with van der Waals surface area (Å²) in [4.78, 5) is 16.4. The number of benzene rings is 1. The minimum absolute atomic E-state index is 0.246. The van der Waals surface area contributed by atoms with Crippen LogP contribution in [0.5, 0.6) is 0 Å². The normalized spacial score (nSPS) is 17.1. The third kappa shape index (κ3) is 3.10. The number of halogens is 2. The highest BCUT2D eigenvalue weighted by molar-refractivity contribution is 9.10. The molecule has 0 spiro atoms. The lowest BCUT2D eigenvalue weighted by atomic mass is 9.97. The number of fused-ring (bicyclic) bond motifs is 1. The van der Waals surface area contributed by atoms with Gasteiger partial charge < -0.3 is 10.1 Å². The van der Waals surface area contributed by atoms with E-state index in [1.807, 2.05) is 24.3 Å². The van der Waals surface area contributed by atoms with E-state index in [9.17, 15) is 4.79 Å². The molecule has 2 aromatic rings. The Labute approximate surface area is 135 Å². The van der Waals surface area contributed by atoms with E-state index in [4.69, 9.17) is 16.3 Å².